The second kappa shape index (κ2) is 6.00. The highest BCUT2D eigenvalue weighted by Crippen LogP contribution is 2.35. The number of rotatable bonds is 4. The third kappa shape index (κ3) is 2.85. The molecule has 3 unspecified atom stereocenters. The molecule has 3 atom stereocenters. The molecule has 1 aromatic carbocycles. The summed E-state index contributed by atoms with van der Waals surface area (Å²) >= 11 is 5.69. The first kappa shape index (κ1) is 15.7. The molecule has 0 heterocycles. The Morgan fingerprint density at radius 2 is 2.10 bits per heavy atom. The second-order valence-electron chi connectivity index (χ2n) is 5.26. The van der Waals surface area contributed by atoms with Crippen molar-refractivity contribution in [2.75, 3.05) is 6.54 Å². The Hall–Kier alpha value is -0.650. The van der Waals surface area contributed by atoms with Gasteiger partial charge in [-0.25, -0.2) is 12.8 Å². The third-order valence-electron chi connectivity index (χ3n) is 4.07. The van der Waals surface area contributed by atoms with E-state index in [-0.39, 0.29) is 21.9 Å². The minimum atomic E-state index is -3.47. The van der Waals surface area contributed by atoms with Crippen molar-refractivity contribution >= 4 is 21.4 Å². The molecule has 1 fully saturated rings. The van der Waals surface area contributed by atoms with E-state index in [9.17, 15) is 12.8 Å². The molecule has 0 bridgehead atoms. The molecule has 3 nitrogen and oxygen atoms in total. The number of sulfone groups is 1. The van der Waals surface area contributed by atoms with E-state index in [0.29, 0.717) is 6.42 Å². The highest BCUT2D eigenvalue weighted by atomic mass is 35.5. The topological polar surface area (TPSA) is 46.2 Å². The molecule has 1 aromatic rings. The van der Waals surface area contributed by atoms with Gasteiger partial charge in [-0.1, -0.05) is 25.4 Å². The predicted octanol–water partition coefficient (Wildman–Crippen LogP) is 3.03. The van der Waals surface area contributed by atoms with Gasteiger partial charge in [0.2, 0.25) is 0 Å². The number of nitrogens with one attached hydrogen (secondary N) is 1. The first-order valence-corrected chi connectivity index (χ1v) is 8.72. The lowest BCUT2D eigenvalue weighted by Gasteiger charge is -2.21. The lowest BCUT2D eigenvalue weighted by atomic mass is 10.1. The van der Waals surface area contributed by atoms with E-state index >= 15 is 0 Å². The fourth-order valence-electron chi connectivity index (χ4n) is 2.95. The van der Waals surface area contributed by atoms with Gasteiger partial charge in [0, 0.05) is 6.04 Å². The summed E-state index contributed by atoms with van der Waals surface area (Å²) in [5, 5.41) is 2.73. The molecule has 1 saturated carbocycles. The third-order valence-corrected chi connectivity index (χ3v) is 6.73. The van der Waals surface area contributed by atoms with Gasteiger partial charge in [0.1, 0.15) is 5.82 Å². The standard InChI is InChI=1S/C14H19ClFNO2S/c1-3-17-13-6-7-14(9(13)2)20(18,19)10-4-5-12(16)11(15)8-10/h4-5,8-9,13-14,17H,3,6-7H2,1-2H3. The number of halogens is 2. The maximum Gasteiger partial charge on any atom is 0.181 e. The van der Waals surface area contributed by atoms with Crippen LogP contribution in [0.25, 0.3) is 0 Å². The summed E-state index contributed by atoms with van der Waals surface area (Å²) in [5.41, 5.74) is 0. The summed E-state index contributed by atoms with van der Waals surface area (Å²) in [6, 6.07) is 3.83. The van der Waals surface area contributed by atoms with Crippen LogP contribution in [0.3, 0.4) is 0 Å². The summed E-state index contributed by atoms with van der Waals surface area (Å²) < 4.78 is 38.5. The molecular formula is C14H19ClFNO2S. The van der Waals surface area contributed by atoms with Crippen molar-refractivity contribution in [1.82, 2.24) is 5.32 Å². The van der Waals surface area contributed by atoms with Crippen molar-refractivity contribution in [3.8, 4) is 0 Å². The SMILES string of the molecule is CCNC1CCC(S(=O)(=O)c2ccc(F)c(Cl)c2)C1C. The molecule has 0 aliphatic heterocycles. The van der Waals surface area contributed by atoms with Gasteiger partial charge in [-0.2, -0.15) is 0 Å². The minimum absolute atomic E-state index is 0.0313. The van der Waals surface area contributed by atoms with Crippen molar-refractivity contribution in [2.45, 2.75) is 42.9 Å². The van der Waals surface area contributed by atoms with Gasteiger partial charge in [-0.15, -0.1) is 0 Å². The van der Waals surface area contributed by atoms with Gasteiger partial charge in [0.25, 0.3) is 0 Å². The van der Waals surface area contributed by atoms with Gasteiger partial charge in [-0.3, -0.25) is 0 Å². The van der Waals surface area contributed by atoms with Crippen molar-refractivity contribution < 1.29 is 12.8 Å². The first-order chi connectivity index (χ1) is 9.37. The zero-order valence-electron chi connectivity index (χ0n) is 11.6. The van der Waals surface area contributed by atoms with Crippen LogP contribution in [0.1, 0.15) is 26.7 Å². The maximum absolute atomic E-state index is 13.2. The Labute approximate surface area is 124 Å². The second-order valence-corrected chi connectivity index (χ2v) is 7.83. The normalized spacial score (nSPS) is 26.9. The first-order valence-electron chi connectivity index (χ1n) is 6.80. The summed E-state index contributed by atoms with van der Waals surface area (Å²) in [7, 11) is -3.47. The van der Waals surface area contributed by atoms with Gasteiger partial charge in [0.05, 0.1) is 15.2 Å². The molecule has 0 spiro atoms. The molecule has 0 radical (unpaired) electrons. The van der Waals surface area contributed by atoms with Crippen molar-refractivity contribution in [3.05, 3.63) is 29.0 Å². The van der Waals surface area contributed by atoms with E-state index in [1.165, 1.54) is 12.1 Å². The van der Waals surface area contributed by atoms with Crippen LogP contribution in [0, 0.1) is 11.7 Å². The molecular weight excluding hydrogens is 301 g/mol. The van der Waals surface area contributed by atoms with Crippen LogP contribution in [0.15, 0.2) is 23.1 Å². The van der Waals surface area contributed by atoms with Crippen LogP contribution in [0.5, 0.6) is 0 Å². The zero-order valence-corrected chi connectivity index (χ0v) is 13.1. The summed E-state index contributed by atoms with van der Waals surface area (Å²) in [6.07, 6.45) is 1.46. The average molecular weight is 320 g/mol. The van der Waals surface area contributed by atoms with E-state index in [2.05, 4.69) is 5.32 Å². The molecule has 0 saturated heterocycles. The van der Waals surface area contributed by atoms with E-state index in [1.807, 2.05) is 13.8 Å². The minimum Gasteiger partial charge on any atom is -0.314 e. The van der Waals surface area contributed by atoms with Crippen LogP contribution in [-0.2, 0) is 9.84 Å². The molecule has 1 aliphatic carbocycles. The van der Waals surface area contributed by atoms with Gasteiger partial charge >= 0.3 is 0 Å². The Morgan fingerprint density at radius 1 is 1.40 bits per heavy atom. The number of benzene rings is 1. The van der Waals surface area contributed by atoms with Crippen LogP contribution in [0.4, 0.5) is 4.39 Å². The molecule has 0 aromatic heterocycles. The summed E-state index contributed by atoms with van der Waals surface area (Å²) in [5.74, 6) is -0.570. The molecule has 1 N–H and O–H groups in total. The quantitative estimate of drug-likeness (QED) is 0.868. The van der Waals surface area contributed by atoms with Crippen LogP contribution in [-0.4, -0.2) is 26.3 Å². The smallest absolute Gasteiger partial charge is 0.181 e. The summed E-state index contributed by atoms with van der Waals surface area (Å²) in [4.78, 5) is 0.109. The van der Waals surface area contributed by atoms with Gasteiger partial charge < -0.3 is 5.32 Å². The van der Waals surface area contributed by atoms with Gasteiger partial charge in [0.15, 0.2) is 9.84 Å². The maximum atomic E-state index is 13.2. The van der Waals surface area contributed by atoms with Crippen molar-refractivity contribution in [3.63, 3.8) is 0 Å². The Balaban J connectivity index is 2.29. The number of hydrogen-bond donors (Lipinski definition) is 1. The number of hydrogen-bond acceptors (Lipinski definition) is 3. The predicted molar refractivity (Wildman–Crippen MR) is 78.2 cm³/mol. The lowest BCUT2D eigenvalue weighted by molar-refractivity contribution is 0.433. The van der Waals surface area contributed by atoms with E-state index < -0.39 is 20.9 Å². The van der Waals surface area contributed by atoms with Crippen LogP contribution in [0.2, 0.25) is 5.02 Å². The molecule has 2 rings (SSSR count). The highest BCUT2D eigenvalue weighted by molar-refractivity contribution is 7.92. The van der Waals surface area contributed by atoms with E-state index in [1.54, 1.807) is 0 Å². The Kier molecular flexibility index (Phi) is 4.72. The largest absolute Gasteiger partial charge is 0.314 e. The van der Waals surface area contributed by atoms with Crippen LogP contribution >= 0.6 is 11.6 Å². The van der Waals surface area contributed by atoms with E-state index in [0.717, 1.165) is 19.0 Å². The fourth-order valence-corrected chi connectivity index (χ4v) is 5.28. The van der Waals surface area contributed by atoms with Crippen LogP contribution < -0.4 is 5.32 Å². The average Bonchev–Trinajstić information content (AvgIpc) is 2.75. The summed E-state index contributed by atoms with van der Waals surface area (Å²) in [6.45, 7) is 4.78. The van der Waals surface area contributed by atoms with Gasteiger partial charge in [-0.05, 0) is 43.5 Å². The molecule has 1 aliphatic rings. The van der Waals surface area contributed by atoms with E-state index in [4.69, 9.17) is 11.6 Å². The molecule has 112 valence electrons. The molecule has 0 amide bonds. The van der Waals surface area contributed by atoms with Crippen molar-refractivity contribution in [2.24, 2.45) is 5.92 Å². The van der Waals surface area contributed by atoms with Crippen molar-refractivity contribution in [1.29, 1.82) is 0 Å². The highest BCUT2D eigenvalue weighted by Gasteiger charge is 2.41. The fraction of sp³-hybridized carbons (Fsp3) is 0.571. The Bertz CT molecular complexity index is 591. The molecule has 20 heavy (non-hydrogen) atoms. The zero-order chi connectivity index (χ0) is 14.9. The molecule has 6 heteroatoms. The lowest BCUT2D eigenvalue weighted by Crippen LogP contribution is -2.36. The Morgan fingerprint density at radius 3 is 2.70 bits per heavy atom. The monoisotopic (exact) mass is 319 g/mol.